The number of anilines is 1. The van der Waals surface area contributed by atoms with Crippen LogP contribution in [0.4, 0.5) is 5.69 Å². The largest absolute Gasteiger partial charge is 0.300 e. The van der Waals surface area contributed by atoms with E-state index >= 15 is 0 Å². The smallest absolute Gasteiger partial charge is 0.231 e. The summed E-state index contributed by atoms with van der Waals surface area (Å²) >= 11 is 1.30. The highest BCUT2D eigenvalue weighted by atomic mass is 32.2. The molecule has 1 amide bonds. The lowest BCUT2D eigenvalue weighted by molar-refractivity contribution is -0.123. The molecule has 88 valence electrons. The monoisotopic (exact) mass is 247 g/mol. The molecular weight excluding hydrogens is 234 g/mol. The number of para-hydroxylation sites is 1. The summed E-state index contributed by atoms with van der Waals surface area (Å²) in [6, 6.07) is 7.52. The molecule has 2 aliphatic rings. The summed E-state index contributed by atoms with van der Waals surface area (Å²) in [5, 5.41) is 0.124. The number of carbonyl (C=O) groups is 2. The van der Waals surface area contributed by atoms with Crippen molar-refractivity contribution in [3.8, 4) is 0 Å². The topological polar surface area (TPSA) is 37.4 Å². The number of rotatable bonds is 0. The first-order chi connectivity index (χ1) is 8.18. The molecule has 3 nitrogen and oxygen atoms in total. The molecule has 3 rings (SSSR count). The fraction of sp³-hybridized carbons (Fsp3) is 0.385. The predicted molar refractivity (Wildman–Crippen MR) is 68.0 cm³/mol. The Morgan fingerprint density at radius 1 is 1.29 bits per heavy atom. The van der Waals surface area contributed by atoms with Crippen molar-refractivity contribution >= 4 is 28.5 Å². The van der Waals surface area contributed by atoms with E-state index in [-0.39, 0.29) is 23.0 Å². The Kier molecular flexibility index (Phi) is 2.47. The zero-order chi connectivity index (χ0) is 12.0. The quantitative estimate of drug-likeness (QED) is 0.702. The molecule has 1 aromatic carbocycles. The minimum Gasteiger partial charge on any atom is -0.300 e. The Morgan fingerprint density at radius 2 is 2.06 bits per heavy atom. The summed E-state index contributed by atoms with van der Waals surface area (Å²) in [5.74, 6) is 0.603. The minimum absolute atomic E-state index is 0.0818. The molecule has 2 aliphatic heterocycles. The van der Waals surface area contributed by atoms with Gasteiger partial charge in [-0.25, -0.2) is 0 Å². The maximum Gasteiger partial charge on any atom is 0.231 e. The van der Waals surface area contributed by atoms with Gasteiger partial charge in [0.2, 0.25) is 11.0 Å². The van der Waals surface area contributed by atoms with Gasteiger partial charge >= 0.3 is 0 Å². The number of amides is 1. The summed E-state index contributed by atoms with van der Waals surface area (Å²) < 4.78 is 0. The third-order valence-corrected chi connectivity index (χ3v) is 4.61. The summed E-state index contributed by atoms with van der Waals surface area (Å²) in [6.07, 6.45) is 0.667. The van der Waals surface area contributed by atoms with E-state index in [1.165, 1.54) is 11.8 Å². The van der Waals surface area contributed by atoms with Gasteiger partial charge in [-0.2, -0.15) is 0 Å². The zero-order valence-electron chi connectivity index (χ0n) is 9.55. The Balaban J connectivity index is 2.09. The lowest BCUT2D eigenvalue weighted by Crippen LogP contribution is -2.42. The maximum atomic E-state index is 12.3. The molecule has 2 heterocycles. The number of nitrogens with zero attached hydrogens (tertiary/aromatic N) is 1. The normalized spacial score (nSPS) is 27.7. The van der Waals surface area contributed by atoms with Crippen molar-refractivity contribution in [2.75, 3.05) is 10.7 Å². The first kappa shape index (κ1) is 10.8. The van der Waals surface area contributed by atoms with Crippen molar-refractivity contribution < 1.29 is 9.59 Å². The van der Waals surface area contributed by atoms with Crippen LogP contribution in [0.2, 0.25) is 0 Å². The molecule has 0 N–H and O–H groups in total. The van der Waals surface area contributed by atoms with Crippen LogP contribution in [0.5, 0.6) is 0 Å². The maximum absolute atomic E-state index is 12.3. The van der Waals surface area contributed by atoms with Crippen LogP contribution < -0.4 is 4.90 Å². The highest BCUT2D eigenvalue weighted by Gasteiger charge is 2.42. The van der Waals surface area contributed by atoms with Gasteiger partial charge in [0.1, 0.15) is 6.04 Å². The summed E-state index contributed by atoms with van der Waals surface area (Å²) in [4.78, 5) is 26.0. The van der Waals surface area contributed by atoms with Crippen molar-refractivity contribution in [3.63, 3.8) is 0 Å². The van der Waals surface area contributed by atoms with Crippen LogP contribution in [-0.2, 0) is 16.0 Å². The molecule has 0 saturated carbocycles. The summed E-state index contributed by atoms with van der Waals surface area (Å²) in [7, 11) is 0. The lowest BCUT2D eigenvalue weighted by atomic mass is 10.1. The standard InChI is InChI=1S/C13H13NO2S/c1-8-7-17-13(16)11-6-9-4-2-3-5-10(9)14(11)12(8)15/h2-5,8,11H,6-7H2,1H3/t8-,11-/m1/s1. The molecule has 0 radical (unpaired) electrons. The molecule has 0 bridgehead atoms. The lowest BCUT2D eigenvalue weighted by Gasteiger charge is -2.23. The van der Waals surface area contributed by atoms with Crippen molar-refractivity contribution in [1.82, 2.24) is 0 Å². The van der Waals surface area contributed by atoms with Crippen LogP contribution in [0.15, 0.2) is 24.3 Å². The zero-order valence-corrected chi connectivity index (χ0v) is 10.4. The van der Waals surface area contributed by atoms with E-state index < -0.39 is 0 Å². The Hall–Kier alpha value is -1.29. The number of carbonyl (C=O) groups excluding carboxylic acids is 2. The first-order valence-corrected chi connectivity index (χ1v) is 6.74. The number of benzene rings is 1. The fourth-order valence-corrected chi connectivity index (χ4v) is 3.40. The van der Waals surface area contributed by atoms with Gasteiger partial charge in [-0.1, -0.05) is 36.9 Å². The number of hydrogen-bond donors (Lipinski definition) is 0. The number of hydrogen-bond acceptors (Lipinski definition) is 3. The van der Waals surface area contributed by atoms with Crippen LogP contribution in [0.25, 0.3) is 0 Å². The SMILES string of the molecule is C[C@@H]1CSC(=O)[C@H]2Cc3ccccc3N2C1=O. The van der Waals surface area contributed by atoms with E-state index in [0.29, 0.717) is 12.2 Å². The van der Waals surface area contributed by atoms with Crippen LogP contribution in [0, 0.1) is 5.92 Å². The molecule has 1 fully saturated rings. The summed E-state index contributed by atoms with van der Waals surface area (Å²) in [5.41, 5.74) is 2.03. The van der Waals surface area contributed by atoms with Crippen molar-refractivity contribution in [2.24, 2.45) is 5.92 Å². The first-order valence-electron chi connectivity index (χ1n) is 5.76. The second kappa shape index (κ2) is 3.88. The average Bonchev–Trinajstić information content (AvgIpc) is 2.69. The second-order valence-electron chi connectivity index (χ2n) is 4.59. The second-order valence-corrected chi connectivity index (χ2v) is 5.61. The van der Waals surface area contributed by atoms with Gasteiger partial charge in [-0.15, -0.1) is 0 Å². The predicted octanol–water partition coefficient (Wildman–Crippen LogP) is 1.85. The van der Waals surface area contributed by atoms with Gasteiger partial charge in [-0.3, -0.25) is 9.59 Å². The molecule has 0 spiro atoms. The van der Waals surface area contributed by atoms with Crippen LogP contribution in [-0.4, -0.2) is 22.8 Å². The van der Waals surface area contributed by atoms with Crippen LogP contribution in [0.1, 0.15) is 12.5 Å². The third-order valence-electron chi connectivity index (χ3n) is 3.38. The number of fused-ring (bicyclic) bond motifs is 3. The average molecular weight is 247 g/mol. The third kappa shape index (κ3) is 1.59. The van der Waals surface area contributed by atoms with Gasteiger partial charge in [0.25, 0.3) is 0 Å². The van der Waals surface area contributed by atoms with Gasteiger partial charge in [0.15, 0.2) is 0 Å². The molecule has 4 heteroatoms. The van der Waals surface area contributed by atoms with Crippen LogP contribution in [0.3, 0.4) is 0 Å². The van der Waals surface area contributed by atoms with Gasteiger partial charge in [0, 0.05) is 23.8 Å². The minimum atomic E-state index is -0.283. The molecule has 0 aromatic heterocycles. The van der Waals surface area contributed by atoms with E-state index in [9.17, 15) is 9.59 Å². The van der Waals surface area contributed by atoms with E-state index in [1.807, 2.05) is 31.2 Å². The molecule has 17 heavy (non-hydrogen) atoms. The highest BCUT2D eigenvalue weighted by Crippen LogP contribution is 2.37. The van der Waals surface area contributed by atoms with Gasteiger partial charge < -0.3 is 4.90 Å². The van der Waals surface area contributed by atoms with E-state index in [4.69, 9.17) is 0 Å². The van der Waals surface area contributed by atoms with E-state index in [0.717, 1.165) is 11.3 Å². The van der Waals surface area contributed by atoms with Crippen LogP contribution >= 0.6 is 11.8 Å². The summed E-state index contributed by atoms with van der Waals surface area (Å²) in [6.45, 7) is 1.89. The molecule has 2 atom stereocenters. The number of thioether (sulfide) groups is 1. The molecule has 1 saturated heterocycles. The van der Waals surface area contributed by atoms with Gasteiger partial charge in [0.05, 0.1) is 0 Å². The Labute approximate surface area is 104 Å². The van der Waals surface area contributed by atoms with Crippen molar-refractivity contribution in [3.05, 3.63) is 29.8 Å². The molecule has 1 aromatic rings. The van der Waals surface area contributed by atoms with Gasteiger partial charge in [-0.05, 0) is 11.6 Å². The molecule has 0 unspecified atom stereocenters. The Bertz CT molecular complexity index is 500. The van der Waals surface area contributed by atoms with Crippen molar-refractivity contribution in [2.45, 2.75) is 19.4 Å². The van der Waals surface area contributed by atoms with E-state index in [1.54, 1.807) is 4.90 Å². The molecular formula is C13H13NO2S. The van der Waals surface area contributed by atoms with E-state index in [2.05, 4.69) is 0 Å². The van der Waals surface area contributed by atoms with Crippen molar-refractivity contribution in [1.29, 1.82) is 0 Å². The fourth-order valence-electron chi connectivity index (χ4n) is 2.46. The highest BCUT2D eigenvalue weighted by molar-refractivity contribution is 8.13. The molecule has 0 aliphatic carbocycles. The Morgan fingerprint density at radius 3 is 2.88 bits per heavy atom.